The molecule has 3 nitrogen and oxygen atoms in total. The molecule has 0 saturated carbocycles. The molecule has 0 radical (unpaired) electrons. The zero-order valence-corrected chi connectivity index (χ0v) is 9.34. The van der Waals surface area contributed by atoms with Crippen LogP contribution in [0.4, 0.5) is 39.5 Å². The van der Waals surface area contributed by atoms with Crippen molar-refractivity contribution in [2.75, 3.05) is 0 Å². The van der Waals surface area contributed by atoms with Gasteiger partial charge in [0.15, 0.2) is 5.70 Å². The quantitative estimate of drug-likeness (QED) is 0.722. The Morgan fingerprint density at radius 2 is 1.25 bits per heavy atom. The van der Waals surface area contributed by atoms with E-state index in [-0.39, 0.29) is 0 Å². The second kappa shape index (κ2) is 4.33. The molecule has 0 aliphatic carbocycles. The highest BCUT2D eigenvalue weighted by atomic mass is 35.5. The summed E-state index contributed by atoms with van der Waals surface area (Å²) < 4.78 is 113. The smallest absolute Gasteiger partial charge is 0.264 e. The maximum atomic E-state index is 13.2. The molecule has 0 atom stereocenters. The zero-order chi connectivity index (χ0) is 16.1. The molecule has 1 aliphatic rings. The minimum Gasteiger partial charge on any atom is -0.264 e. The van der Waals surface area contributed by atoms with Gasteiger partial charge in [-0.15, -0.1) is 10.2 Å². The van der Waals surface area contributed by atoms with Gasteiger partial charge in [0.2, 0.25) is 0 Å². The molecule has 20 heavy (non-hydrogen) atoms. The highest BCUT2D eigenvalue weighted by Crippen LogP contribution is 2.56. The third kappa shape index (κ3) is 2.05. The van der Waals surface area contributed by atoms with Crippen LogP contribution in [0.15, 0.2) is 21.0 Å². The number of allylic oxidation sites excluding steroid dienone is 1. The number of carbonyl (C=O) groups excluding carboxylic acids is 1. The van der Waals surface area contributed by atoms with E-state index < -0.39 is 40.6 Å². The molecular weight excluding hydrogens is 335 g/mol. The van der Waals surface area contributed by atoms with Crippen LogP contribution in [-0.2, 0) is 4.79 Å². The van der Waals surface area contributed by atoms with E-state index in [2.05, 4.69) is 10.2 Å². The molecule has 0 aromatic rings. The molecule has 1 rings (SSSR count). The van der Waals surface area contributed by atoms with Gasteiger partial charge in [-0.05, 0) is 0 Å². The lowest BCUT2D eigenvalue weighted by Crippen LogP contribution is -2.61. The number of alkyl halides is 9. The first-order valence-electron chi connectivity index (χ1n) is 4.24. The van der Waals surface area contributed by atoms with Crippen molar-refractivity contribution in [3.8, 4) is 0 Å². The summed E-state index contributed by atoms with van der Waals surface area (Å²) in [5.74, 6) is -22.0. The number of nitrogens with zero attached hydrogens (tertiary/aromatic N) is 2. The second-order valence-electron chi connectivity index (χ2n) is 3.39. The SMILES string of the molecule is O=C1N=NC(C(F)(F)C(F)(F)C(F)(F)C(F)(F)F)=C1Cl. The van der Waals surface area contributed by atoms with Crippen molar-refractivity contribution in [1.29, 1.82) is 0 Å². The fourth-order valence-electron chi connectivity index (χ4n) is 1.01. The van der Waals surface area contributed by atoms with Crippen molar-refractivity contribution in [2.45, 2.75) is 23.9 Å². The van der Waals surface area contributed by atoms with E-state index >= 15 is 0 Å². The van der Waals surface area contributed by atoms with E-state index in [1.54, 1.807) is 0 Å². The molecule has 0 fully saturated rings. The van der Waals surface area contributed by atoms with Crippen LogP contribution in [-0.4, -0.2) is 29.9 Å². The van der Waals surface area contributed by atoms with E-state index in [0.717, 1.165) is 0 Å². The lowest BCUT2D eigenvalue weighted by atomic mass is 10.0. The van der Waals surface area contributed by atoms with Crippen LogP contribution in [0.3, 0.4) is 0 Å². The van der Waals surface area contributed by atoms with E-state index in [1.807, 2.05) is 0 Å². The monoisotopic (exact) mass is 334 g/mol. The molecule has 0 unspecified atom stereocenters. The Morgan fingerprint density at radius 3 is 1.55 bits per heavy atom. The largest absolute Gasteiger partial charge is 0.460 e. The Balaban J connectivity index is 3.42. The molecule has 0 aromatic heterocycles. The van der Waals surface area contributed by atoms with Gasteiger partial charge in [0.05, 0.1) is 0 Å². The van der Waals surface area contributed by atoms with Gasteiger partial charge in [0, 0.05) is 0 Å². The van der Waals surface area contributed by atoms with Gasteiger partial charge >= 0.3 is 29.9 Å². The van der Waals surface area contributed by atoms with Crippen molar-refractivity contribution in [1.82, 2.24) is 0 Å². The molecule has 0 aromatic carbocycles. The van der Waals surface area contributed by atoms with Crippen molar-refractivity contribution in [3.63, 3.8) is 0 Å². The fourth-order valence-corrected chi connectivity index (χ4v) is 1.20. The highest BCUT2D eigenvalue weighted by Gasteiger charge is 2.83. The van der Waals surface area contributed by atoms with Gasteiger partial charge in [-0.1, -0.05) is 11.6 Å². The number of azo groups is 1. The molecule has 114 valence electrons. The van der Waals surface area contributed by atoms with E-state index in [1.165, 1.54) is 0 Å². The van der Waals surface area contributed by atoms with Crippen molar-refractivity contribution in [3.05, 3.63) is 10.7 Å². The summed E-state index contributed by atoms with van der Waals surface area (Å²) in [4.78, 5) is 10.6. The van der Waals surface area contributed by atoms with E-state index in [0.29, 0.717) is 0 Å². The number of rotatable bonds is 3. The van der Waals surface area contributed by atoms with Crippen LogP contribution in [0.2, 0.25) is 0 Å². The summed E-state index contributed by atoms with van der Waals surface area (Å²) in [6.45, 7) is 0. The third-order valence-electron chi connectivity index (χ3n) is 2.08. The summed E-state index contributed by atoms with van der Waals surface area (Å²) >= 11 is 4.79. The first-order chi connectivity index (χ1) is 8.68. The Labute approximate surface area is 108 Å². The molecule has 13 heteroatoms. The van der Waals surface area contributed by atoms with Crippen LogP contribution in [0, 0.1) is 0 Å². The Bertz CT molecular complexity index is 507. The van der Waals surface area contributed by atoms with Crippen molar-refractivity contribution < 1.29 is 44.3 Å². The molecule has 1 heterocycles. The number of hydrogen-bond acceptors (Lipinski definition) is 2. The summed E-state index contributed by atoms with van der Waals surface area (Å²) in [6, 6.07) is 0. The van der Waals surface area contributed by atoms with Gasteiger partial charge in [-0.2, -0.15) is 39.5 Å². The molecular formula is C7ClF9N2O. The standard InChI is InChI=1S/C7ClF9N2O/c8-1-2(18-19-3(1)20)4(9,10)5(11,12)6(13,14)7(15,16)17. The maximum absolute atomic E-state index is 13.2. The zero-order valence-electron chi connectivity index (χ0n) is 8.58. The van der Waals surface area contributed by atoms with Gasteiger partial charge in [-0.25, -0.2) is 0 Å². The predicted molar refractivity (Wildman–Crippen MR) is 43.6 cm³/mol. The third-order valence-corrected chi connectivity index (χ3v) is 2.42. The number of halogens is 10. The lowest BCUT2D eigenvalue weighted by Gasteiger charge is -2.33. The molecule has 0 bridgehead atoms. The van der Waals surface area contributed by atoms with Crippen LogP contribution in [0.5, 0.6) is 0 Å². The Morgan fingerprint density at radius 1 is 0.800 bits per heavy atom. The minimum absolute atomic E-state index is 1.77. The summed E-state index contributed by atoms with van der Waals surface area (Å²) in [5, 5.41) is 2.62. The first-order valence-corrected chi connectivity index (χ1v) is 4.62. The molecule has 0 spiro atoms. The van der Waals surface area contributed by atoms with Crippen molar-refractivity contribution in [2.24, 2.45) is 10.2 Å². The van der Waals surface area contributed by atoms with Crippen LogP contribution in [0.25, 0.3) is 0 Å². The lowest BCUT2D eigenvalue weighted by molar-refractivity contribution is -0.389. The van der Waals surface area contributed by atoms with Gasteiger partial charge in [0.1, 0.15) is 5.03 Å². The molecule has 1 aliphatic heterocycles. The van der Waals surface area contributed by atoms with Gasteiger partial charge in [-0.3, -0.25) is 4.79 Å². The second-order valence-corrected chi connectivity index (χ2v) is 3.77. The van der Waals surface area contributed by atoms with Gasteiger partial charge < -0.3 is 0 Å². The number of carbonyl (C=O) groups is 1. The topological polar surface area (TPSA) is 41.8 Å². The summed E-state index contributed by atoms with van der Waals surface area (Å²) in [7, 11) is 0. The van der Waals surface area contributed by atoms with Crippen molar-refractivity contribution >= 4 is 17.5 Å². The summed E-state index contributed by atoms with van der Waals surface area (Å²) in [6.07, 6.45) is -6.97. The molecule has 1 amide bonds. The average molecular weight is 335 g/mol. The van der Waals surface area contributed by atoms with E-state index in [9.17, 15) is 44.3 Å². The van der Waals surface area contributed by atoms with E-state index in [4.69, 9.17) is 11.6 Å². The van der Waals surface area contributed by atoms with Gasteiger partial charge in [0.25, 0.3) is 0 Å². The predicted octanol–water partition coefficient (Wildman–Crippen LogP) is 3.90. The molecule has 0 saturated heterocycles. The Hall–Kier alpha value is -1.33. The average Bonchev–Trinajstić information content (AvgIpc) is 2.57. The minimum atomic E-state index is -7.09. The highest BCUT2D eigenvalue weighted by molar-refractivity contribution is 6.43. The Kier molecular flexibility index (Phi) is 3.62. The normalized spacial score (nSPS) is 18.2. The summed E-state index contributed by atoms with van der Waals surface area (Å²) in [5.41, 5.74) is -2.46. The van der Waals surface area contributed by atoms with Crippen LogP contribution in [0.1, 0.15) is 0 Å². The fraction of sp³-hybridized carbons (Fsp3) is 0.571. The van der Waals surface area contributed by atoms with Crippen LogP contribution < -0.4 is 0 Å². The molecule has 0 N–H and O–H groups in total. The first kappa shape index (κ1) is 16.7. The maximum Gasteiger partial charge on any atom is 0.460 e. The van der Waals surface area contributed by atoms with Crippen LogP contribution >= 0.6 is 11.6 Å². The number of amides is 1. The number of hydrogen-bond donors (Lipinski definition) is 0.